The van der Waals surface area contributed by atoms with Crippen LogP contribution in [0, 0.1) is 5.82 Å². The van der Waals surface area contributed by atoms with E-state index in [-0.39, 0.29) is 17.8 Å². The van der Waals surface area contributed by atoms with Crippen LogP contribution in [0.1, 0.15) is 29.7 Å². The van der Waals surface area contributed by atoms with Crippen LogP contribution < -0.4 is 19.7 Å². The number of ether oxygens (including phenoxy) is 2. The molecule has 144 valence electrons. The molecule has 1 unspecified atom stereocenters. The van der Waals surface area contributed by atoms with Gasteiger partial charge in [0, 0.05) is 24.5 Å². The van der Waals surface area contributed by atoms with Crippen molar-refractivity contribution in [3.63, 3.8) is 0 Å². The maximum atomic E-state index is 14.2. The number of hydrogen-bond donors (Lipinski definition) is 2. The van der Waals surface area contributed by atoms with E-state index in [4.69, 9.17) is 9.47 Å². The normalized spacial score (nSPS) is 18.5. The molecule has 0 saturated carbocycles. The molecule has 6 heteroatoms. The number of methoxy groups -OCH3 is 2. The van der Waals surface area contributed by atoms with Crippen LogP contribution >= 0.6 is 0 Å². The fourth-order valence-electron chi connectivity index (χ4n) is 3.77. The lowest BCUT2D eigenvalue weighted by molar-refractivity contribution is -0.946. The van der Waals surface area contributed by atoms with Crippen LogP contribution in [-0.4, -0.2) is 33.2 Å². The quantitative estimate of drug-likeness (QED) is 0.810. The molecule has 2 aromatic carbocycles. The maximum Gasteiger partial charge on any atom is 0.217 e. The zero-order chi connectivity index (χ0) is 19.4. The Hall–Kier alpha value is -2.60. The smallest absolute Gasteiger partial charge is 0.217 e. The third-order valence-corrected chi connectivity index (χ3v) is 5.16. The molecule has 3 rings (SSSR count). The highest BCUT2D eigenvalue weighted by Crippen LogP contribution is 2.34. The van der Waals surface area contributed by atoms with Crippen molar-refractivity contribution in [3.05, 3.63) is 58.9 Å². The van der Waals surface area contributed by atoms with Gasteiger partial charge in [0.1, 0.15) is 18.4 Å². The minimum Gasteiger partial charge on any atom is -0.493 e. The summed E-state index contributed by atoms with van der Waals surface area (Å²) in [6.07, 6.45) is 0.857. The van der Waals surface area contributed by atoms with E-state index in [9.17, 15) is 9.18 Å². The van der Waals surface area contributed by atoms with Gasteiger partial charge in [-0.2, -0.15) is 0 Å². The van der Waals surface area contributed by atoms with Gasteiger partial charge in [0.15, 0.2) is 11.5 Å². The van der Waals surface area contributed by atoms with Gasteiger partial charge in [0.25, 0.3) is 0 Å². The standard InChI is InChI=1S/C21H25FN2O3/c1-14(25)23-12-19-17-11-21(27-3)20(26-2)10-15(17)8-9-24(19)13-16-6-4-5-7-18(16)22/h4-7,10-11,19H,8-9,12-13H2,1-3H3,(H,23,25)/p+1/t19-/m1/s1. The second-order valence-corrected chi connectivity index (χ2v) is 6.82. The Balaban J connectivity index is 1.96. The van der Waals surface area contributed by atoms with Crippen molar-refractivity contribution in [1.29, 1.82) is 0 Å². The van der Waals surface area contributed by atoms with E-state index in [1.807, 2.05) is 24.3 Å². The van der Waals surface area contributed by atoms with Gasteiger partial charge < -0.3 is 19.7 Å². The average Bonchev–Trinajstić information content (AvgIpc) is 2.67. The van der Waals surface area contributed by atoms with Crippen LogP contribution in [0.25, 0.3) is 0 Å². The van der Waals surface area contributed by atoms with Crippen LogP contribution in [0.2, 0.25) is 0 Å². The molecule has 0 spiro atoms. The number of benzene rings is 2. The lowest BCUT2D eigenvalue weighted by Gasteiger charge is -2.35. The molecule has 5 nitrogen and oxygen atoms in total. The number of carbonyl (C=O) groups excluding carboxylic acids is 1. The number of fused-ring (bicyclic) bond motifs is 1. The predicted octanol–water partition coefficient (Wildman–Crippen LogP) is 1.66. The predicted molar refractivity (Wildman–Crippen MR) is 101 cm³/mol. The second kappa shape index (κ2) is 8.39. The van der Waals surface area contributed by atoms with Gasteiger partial charge in [-0.15, -0.1) is 0 Å². The molecule has 0 fully saturated rings. The lowest BCUT2D eigenvalue weighted by atomic mass is 9.91. The number of carbonyl (C=O) groups is 1. The number of nitrogens with one attached hydrogen (secondary N) is 2. The SMILES string of the molecule is COc1cc2c(cc1OC)[C@@H](CNC(C)=O)[NH+](Cc1ccccc1F)CC2. The Morgan fingerprint density at radius 2 is 1.93 bits per heavy atom. The molecule has 1 amide bonds. The van der Waals surface area contributed by atoms with Crippen molar-refractivity contribution in [2.24, 2.45) is 0 Å². The summed E-state index contributed by atoms with van der Waals surface area (Å²) in [5.41, 5.74) is 2.98. The highest BCUT2D eigenvalue weighted by atomic mass is 19.1. The van der Waals surface area contributed by atoms with Gasteiger partial charge in [0.05, 0.1) is 27.3 Å². The van der Waals surface area contributed by atoms with E-state index >= 15 is 0 Å². The van der Waals surface area contributed by atoms with Gasteiger partial charge in [-0.1, -0.05) is 18.2 Å². The van der Waals surface area contributed by atoms with Crippen molar-refractivity contribution in [1.82, 2.24) is 5.32 Å². The van der Waals surface area contributed by atoms with E-state index in [0.717, 1.165) is 18.5 Å². The topological polar surface area (TPSA) is 52.0 Å². The summed E-state index contributed by atoms with van der Waals surface area (Å²) in [7, 11) is 3.23. The zero-order valence-electron chi connectivity index (χ0n) is 16.0. The van der Waals surface area contributed by atoms with Crippen LogP contribution in [0.5, 0.6) is 11.5 Å². The Labute approximate surface area is 159 Å². The average molecular weight is 373 g/mol. The molecule has 0 bridgehead atoms. The highest BCUT2D eigenvalue weighted by molar-refractivity contribution is 5.72. The Bertz CT molecular complexity index is 825. The molecular weight excluding hydrogens is 347 g/mol. The third kappa shape index (κ3) is 4.22. The van der Waals surface area contributed by atoms with Gasteiger partial charge in [0.2, 0.25) is 5.91 Å². The fourth-order valence-corrected chi connectivity index (χ4v) is 3.77. The summed E-state index contributed by atoms with van der Waals surface area (Å²) >= 11 is 0. The summed E-state index contributed by atoms with van der Waals surface area (Å²) < 4.78 is 25.1. The monoisotopic (exact) mass is 373 g/mol. The van der Waals surface area contributed by atoms with E-state index < -0.39 is 0 Å². The van der Waals surface area contributed by atoms with Crippen molar-refractivity contribution >= 4 is 5.91 Å². The zero-order valence-corrected chi connectivity index (χ0v) is 16.0. The summed E-state index contributed by atoms with van der Waals surface area (Å²) in [4.78, 5) is 12.7. The van der Waals surface area contributed by atoms with Gasteiger partial charge in [-0.25, -0.2) is 4.39 Å². The van der Waals surface area contributed by atoms with Crippen LogP contribution in [0.4, 0.5) is 4.39 Å². The molecule has 27 heavy (non-hydrogen) atoms. The van der Waals surface area contributed by atoms with Crippen LogP contribution in [-0.2, 0) is 17.8 Å². The van der Waals surface area contributed by atoms with Gasteiger partial charge in [-0.05, 0) is 23.8 Å². The van der Waals surface area contributed by atoms with E-state index in [1.165, 1.54) is 23.5 Å². The molecule has 0 aromatic heterocycles. The van der Waals surface area contributed by atoms with Crippen LogP contribution in [0.3, 0.4) is 0 Å². The first kappa shape index (κ1) is 19.2. The van der Waals surface area contributed by atoms with Crippen molar-refractivity contribution in [2.75, 3.05) is 27.3 Å². The minimum absolute atomic E-state index is 0.0112. The Morgan fingerprint density at radius 3 is 2.59 bits per heavy atom. The molecule has 1 heterocycles. The minimum atomic E-state index is -0.193. The molecule has 0 radical (unpaired) electrons. The molecule has 2 aromatic rings. The first-order valence-electron chi connectivity index (χ1n) is 9.10. The van der Waals surface area contributed by atoms with E-state index in [0.29, 0.717) is 30.2 Å². The molecular formula is C21H26FN2O3+. The summed E-state index contributed by atoms with van der Waals surface area (Å²) in [6, 6.07) is 10.9. The summed E-state index contributed by atoms with van der Waals surface area (Å²) in [5, 5.41) is 2.93. The molecule has 1 aliphatic rings. The summed E-state index contributed by atoms with van der Waals surface area (Å²) in [5.74, 6) is 1.09. The van der Waals surface area contributed by atoms with E-state index in [1.54, 1.807) is 20.3 Å². The second-order valence-electron chi connectivity index (χ2n) is 6.82. The Morgan fingerprint density at radius 1 is 1.22 bits per heavy atom. The molecule has 2 N–H and O–H groups in total. The number of rotatable bonds is 6. The Kier molecular flexibility index (Phi) is 5.96. The highest BCUT2D eigenvalue weighted by Gasteiger charge is 2.33. The fraction of sp³-hybridized carbons (Fsp3) is 0.381. The van der Waals surface area contributed by atoms with Crippen molar-refractivity contribution in [3.8, 4) is 11.5 Å². The first-order chi connectivity index (χ1) is 13.0. The largest absolute Gasteiger partial charge is 0.493 e. The molecule has 0 saturated heterocycles. The number of hydrogen-bond acceptors (Lipinski definition) is 3. The lowest BCUT2D eigenvalue weighted by Crippen LogP contribution is -3.12. The number of halogens is 1. The van der Waals surface area contributed by atoms with E-state index in [2.05, 4.69) is 5.32 Å². The molecule has 2 atom stereocenters. The maximum absolute atomic E-state index is 14.2. The van der Waals surface area contributed by atoms with Crippen molar-refractivity contribution in [2.45, 2.75) is 25.9 Å². The summed E-state index contributed by atoms with van der Waals surface area (Å²) in [6.45, 7) is 3.41. The third-order valence-electron chi connectivity index (χ3n) is 5.16. The number of amides is 1. The number of quaternary nitrogens is 1. The molecule has 1 aliphatic heterocycles. The van der Waals surface area contributed by atoms with Crippen LogP contribution in [0.15, 0.2) is 36.4 Å². The van der Waals surface area contributed by atoms with Gasteiger partial charge >= 0.3 is 0 Å². The first-order valence-corrected chi connectivity index (χ1v) is 9.10. The van der Waals surface area contributed by atoms with Gasteiger partial charge in [-0.3, -0.25) is 4.79 Å². The molecule has 0 aliphatic carbocycles. The van der Waals surface area contributed by atoms with Crippen molar-refractivity contribution < 1.29 is 23.6 Å².